The number of aromatic nitrogens is 3. The maximum Gasteiger partial charge on any atom is 0.160 e. The van der Waals surface area contributed by atoms with Gasteiger partial charge in [-0.25, -0.2) is 14.4 Å². The lowest BCUT2D eigenvalue weighted by molar-refractivity contribution is 0.408. The standard InChI is InChI=1S/C18H19FN4/c1-22-10-8-14(11-22)17-21-16-7-4-9-20-18(16)23(17)12-13-5-2-3-6-15(13)19/h2-7,9,14H,8,10-12H2,1H3. The number of nitrogens with zero attached hydrogens (tertiary/aromatic N) is 4. The lowest BCUT2D eigenvalue weighted by Crippen LogP contribution is -2.16. The molecule has 4 nitrogen and oxygen atoms in total. The molecule has 3 heterocycles. The van der Waals surface area contributed by atoms with Gasteiger partial charge < -0.3 is 9.47 Å². The topological polar surface area (TPSA) is 34.0 Å². The third kappa shape index (κ3) is 2.61. The van der Waals surface area contributed by atoms with Crippen LogP contribution in [0.15, 0.2) is 42.6 Å². The van der Waals surface area contributed by atoms with Gasteiger partial charge in [0, 0.05) is 24.2 Å². The van der Waals surface area contributed by atoms with Crippen LogP contribution >= 0.6 is 0 Å². The molecule has 0 spiro atoms. The van der Waals surface area contributed by atoms with Crippen molar-refractivity contribution in [1.82, 2.24) is 19.4 Å². The van der Waals surface area contributed by atoms with Crippen LogP contribution in [-0.2, 0) is 6.54 Å². The van der Waals surface area contributed by atoms with Crippen LogP contribution in [0.2, 0.25) is 0 Å². The summed E-state index contributed by atoms with van der Waals surface area (Å²) in [7, 11) is 2.13. The highest BCUT2D eigenvalue weighted by Gasteiger charge is 2.27. The molecule has 1 aliphatic rings. The van der Waals surface area contributed by atoms with Gasteiger partial charge in [-0.3, -0.25) is 0 Å². The number of hydrogen-bond donors (Lipinski definition) is 0. The number of likely N-dealkylation sites (tertiary alicyclic amines) is 1. The molecule has 1 aromatic carbocycles. The average molecular weight is 310 g/mol. The number of hydrogen-bond acceptors (Lipinski definition) is 3. The predicted octanol–water partition coefficient (Wildman–Crippen LogP) is 3.04. The SMILES string of the molecule is CN1CCC(c2nc3cccnc3n2Cc2ccccc2F)C1. The summed E-state index contributed by atoms with van der Waals surface area (Å²) in [5.74, 6) is 1.21. The first kappa shape index (κ1) is 14.3. The monoisotopic (exact) mass is 310 g/mol. The molecule has 0 aliphatic carbocycles. The Bertz CT molecular complexity index is 842. The zero-order valence-electron chi connectivity index (χ0n) is 13.1. The molecule has 3 aromatic rings. The first-order valence-corrected chi connectivity index (χ1v) is 7.95. The van der Waals surface area contributed by atoms with Crippen LogP contribution in [0.1, 0.15) is 23.7 Å². The number of halogens is 1. The Hall–Kier alpha value is -2.27. The Labute approximate surface area is 134 Å². The Balaban J connectivity index is 1.81. The number of likely N-dealkylation sites (N-methyl/N-ethyl adjacent to an activating group) is 1. The van der Waals surface area contributed by atoms with Crippen LogP contribution in [0.5, 0.6) is 0 Å². The summed E-state index contributed by atoms with van der Waals surface area (Å²) < 4.78 is 16.2. The van der Waals surface area contributed by atoms with Crippen molar-refractivity contribution in [3.63, 3.8) is 0 Å². The van der Waals surface area contributed by atoms with E-state index in [4.69, 9.17) is 4.98 Å². The highest BCUT2D eigenvalue weighted by atomic mass is 19.1. The quantitative estimate of drug-likeness (QED) is 0.745. The molecule has 1 saturated heterocycles. The van der Waals surface area contributed by atoms with E-state index < -0.39 is 0 Å². The van der Waals surface area contributed by atoms with Gasteiger partial charge in [-0.15, -0.1) is 0 Å². The van der Waals surface area contributed by atoms with Crippen molar-refractivity contribution in [2.45, 2.75) is 18.9 Å². The number of rotatable bonds is 3. The Morgan fingerprint density at radius 2 is 2.09 bits per heavy atom. The van der Waals surface area contributed by atoms with E-state index >= 15 is 0 Å². The fourth-order valence-corrected chi connectivity index (χ4v) is 3.39. The molecule has 2 aromatic heterocycles. The van der Waals surface area contributed by atoms with Crippen LogP contribution in [0.25, 0.3) is 11.2 Å². The van der Waals surface area contributed by atoms with Crippen molar-refractivity contribution in [2.75, 3.05) is 20.1 Å². The van der Waals surface area contributed by atoms with Crippen LogP contribution in [0, 0.1) is 5.82 Å². The van der Waals surface area contributed by atoms with Gasteiger partial charge in [0.1, 0.15) is 17.2 Å². The van der Waals surface area contributed by atoms with Crippen LogP contribution in [-0.4, -0.2) is 39.6 Å². The van der Waals surface area contributed by atoms with Gasteiger partial charge >= 0.3 is 0 Å². The van der Waals surface area contributed by atoms with Crippen LogP contribution in [0.3, 0.4) is 0 Å². The summed E-state index contributed by atoms with van der Waals surface area (Å²) in [6.45, 7) is 2.53. The van der Waals surface area contributed by atoms with Gasteiger partial charge in [-0.1, -0.05) is 18.2 Å². The second-order valence-electron chi connectivity index (χ2n) is 6.24. The summed E-state index contributed by atoms with van der Waals surface area (Å²) in [4.78, 5) is 11.6. The number of benzene rings is 1. The lowest BCUT2D eigenvalue weighted by atomic mass is 10.1. The molecule has 0 bridgehead atoms. The average Bonchev–Trinajstić information content (AvgIpc) is 3.14. The Morgan fingerprint density at radius 1 is 1.22 bits per heavy atom. The maximum absolute atomic E-state index is 14.1. The highest BCUT2D eigenvalue weighted by Crippen LogP contribution is 2.29. The minimum absolute atomic E-state index is 0.181. The minimum atomic E-state index is -0.181. The van der Waals surface area contributed by atoms with E-state index in [2.05, 4.69) is 21.5 Å². The first-order valence-electron chi connectivity index (χ1n) is 7.95. The molecule has 0 N–H and O–H groups in total. The van der Waals surface area contributed by atoms with Gasteiger partial charge in [0.15, 0.2) is 5.65 Å². The van der Waals surface area contributed by atoms with Crippen molar-refractivity contribution in [1.29, 1.82) is 0 Å². The molecule has 118 valence electrons. The normalized spacial score (nSPS) is 18.8. The fourth-order valence-electron chi connectivity index (χ4n) is 3.39. The summed E-state index contributed by atoms with van der Waals surface area (Å²) in [6.07, 6.45) is 2.85. The van der Waals surface area contributed by atoms with Gasteiger partial charge in [0.25, 0.3) is 0 Å². The molecule has 1 aliphatic heterocycles. The molecule has 23 heavy (non-hydrogen) atoms. The molecular formula is C18H19FN4. The third-order valence-electron chi connectivity index (χ3n) is 4.58. The van der Waals surface area contributed by atoms with E-state index in [9.17, 15) is 4.39 Å². The van der Waals surface area contributed by atoms with Crippen molar-refractivity contribution in [3.8, 4) is 0 Å². The molecule has 0 saturated carbocycles. The van der Waals surface area contributed by atoms with Gasteiger partial charge in [0.2, 0.25) is 0 Å². The highest BCUT2D eigenvalue weighted by molar-refractivity contribution is 5.71. The third-order valence-corrected chi connectivity index (χ3v) is 4.58. The second-order valence-corrected chi connectivity index (χ2v) is 6.24. The largest absolute Gasteiger partial charge is 0.308 e. The fraction of sp³-hybridized carbons (Fsp3) is 0.333. The van der Waals surface area contributed by atoms with E-state index in [0.717, 1.165) is 36.5 Å². The maximum atomic E-state index is 14.1. The molecule has 1 atom stereocenters. The smallest absolute Gasteiger partial charge is 0.160 e. The predicted molar refractivity (Wildman–Crippen MR) is 87.9 cm³/mol. The first-order chi connectivity index (χ1) is 11.2. The molecule has 5 heteroatoms. The van der Waals surface area contributed by atoms with Crippen molar-refractivity contribution >= 4 is 11.2 Å². The van der Waals surface area contributed by atoms with E-state index in [1.165, 1.54) is 6.07 Å². The Morgan fingerprint density at radius 3 is 2.87 bits per heavy atom. The molecule has 0 amide bonds. The minimum Gasteiger partial charge on any atom is -0.308 e. The number of fused-ring (bicyclic) bond motifs is 1. The van der Waals surface area contributed by atoms with Crippen molar-refractivity contribution in [3.05, 3.63) is 59.8 Å². The van der Waals surface area contributed by atoms with E-state index in [0.29, 0.717) is 18.0 Å². The van der Waals surface area contributed by atoms with Gasteiger partial charge in [-0.2, -0.15) is 0 Å². The molecule has 0 radical (unpaired) electrons. The van der Waals surface area contributed by atoms with E-state index in [1.807, 2.05) is 24.3 Å². The Kier molecular flexibility index (Phi) is 3.58. The van der Waals surface area contributed by atoms with Crippen LogP contribution < -0.4 is 0 Å². The van der Waals surface area contributed by atoms with Gasteiger partial charge in [0.05, 0.1) is 6.54 Å². The summed E-state index contributed by atoms with van der Waals surface area (Å²) >= 11 is 0. The van der Waals surface area contributed by atoms with E-state index in [-0.39, 0.29) is 5.82 Å². The summed E-state index contributed by atoms with van der Waals surface area (Å²) in [5, 5.41) is 0. The van der Waals surface area contributed by atoms with Crippen LogP contribution in [0.4, 0.5) is 4.39 Å². The zero-order valence-corrected chi connectivity index (χ0v) is 13.1. The van der Waals surface area contributed by atoms with Gasteiger partial charge in [-0.05, 0) is 38.2 Å². The molecule has 1 fully saturated rings. The van der Waals surface area contributed by atoms with Crippen molar-refractivity contribution < 1.29 is 4.39 Å². The number of pyridine rings is 1. The lowest BCUT2D eigenvalue weighted by Gasteiger charge is -2.14. The molecule has 1 unspecified atom stereocenters. The number of imidazole rings is 1. The van der Waals surface area contributed by atoms with E-state index in [1.54, 1.807) is 12.3 Å². The molecular weight excluding hydrogens is 291 g/mol. The van der Waals surface area contributed by atoms with Crippen molar-refractivity contribution in [2.24, 2.45) is 0 Å². The second kappa shape index (κ2) is 5.74. The zero-order chi connectivity index (χ0) is 15.8. The molecule has 4 rings (SSSR count). The summed E-state index contributed by atoms with van der Waals surface area (Å²) in [5.41, 5.74) is 2.39. The summed E-state index contributed by atoms with van der Waals surface area (Å²) in [6, 6.07) is 10.8.